The Bertz CT molecular complexity index is 673. The van der Waals surface area contributed by atoms with Gasteiger partial charge in [-0.1, -0.05) is 0 Å². The second kappa shape index (κ2) is 6.02. The molecule has 0 unspecified atom stereocenters. The standard InChI is InChI=1S/C12H8BrF3N2O2S/c13-9-3-4-21-11(9)6-17-10-2-1-7(18(19)20)5-8(10)12(14,15)16/h1-5,17H,6H2. The minimum Gasteiger partial charge on any atom is -0.380 e. The summed E-state index contributed by atoms with van der Waals surface area (Å²) in [6.07, 6.45) is -4.67. The van der Waals surface area contributed by atoms with Crippen LogP contribution in [0.15, 0.2) is 34.1 Å². The number of benzene rings is 1. The number of anilines is 1. The molecule has 0 saturated heterocycles. The van der Waals surface area contributed by atoms with E-state index in [9.17, 15) is 23.3 Å². The van der Waals surface area contributed by atoms with Crippen molar-refractivity contribution in [2.75, 3.05) is 5.32 Å². The zero-order chi connectivity index (χ0) is 15.6. The van der Waals surface area contributed by atoms with Crippen LogP contribution in [0, 0.1) is 10.1 Å². The van der Waals surface area contributed by atoms with Gasteiger partial charge in [0.25, 0.3) is 5.69 Å². The molecule has 4 nitrogen and oxygen atoms in total. The van der Waals surface area contributed by atoms with Gasteiger partial charge >= 0.3 is 6.18 Å². The Hall–Kier alpha value is -1.61. The van der Waals surface area contributed by atoms with Crippen molar-refractivity contribution >= 4 is 38.6 Å². The Labute approximate surface area is 129 Å². The number of nitro benzene ring substituents is 1. The second-order valence-corrected chi connectivity index (χ2v) is 5.89. The van der Waals surface area contributed by atoms with Gasteiger partial charge in [0.2, 0.25) is 0 Å². The lowest BCUT2D eigenvalue weighted by Crippen LogP contribution is -2.11. The third kappa shape index (κ3) is 3.73. The monoisotopic (exact) mass is 380 g/mol. The number of nitrogens with zero attached hydrogens (tertiary/aromatic N) is 1. The topological polar surface area (TPSA) is 55.2 Å². The maximum atomic E-state index is 13.0. The molecule has 0 aliphatic rings. The van der Waals surface area contributed by atoms with Crippen molar-refractivity contribution in [2.45, 2.75) is 12.7 Å². The van der Waals surface area contributed by atoms with E-state index in [2.05, 4.69) is 21.2 Å². The zero-order valence-corrected chi connectivity index (χ0v) is 12.7. The van der Waals surface area contributed by atoms with Crippen LogP contribution in [0.2, 0.25) is 0 Å². The second-order valence-electron chi connectivity index (χ2n) is 4.03. The van der Waals surface area contributed by atoms with E-state index in [4.69, 9.17) is 0 Å². The van der Waals surface area contributed by atoms with E-state index in [0.29, 0.717) is 6.07 Å². The van der Waals surface area contributed by atoms with Crippen molar-refractivity contribution < 1.29 is 18.1 Å². The molecule has 1 aromatic heterocycles. The van der Waals surface area contributed by atoms with Gasteiger partial charge in [-0.2, -0.15) is 13.2 Å². The number of thiophene rings is 1. The molecule has 1 heterocycles. The molecule has 0 fully saturated rings. The van der Waals surface area contributed by atoms with Gasteiger partial charge in [0, 0.05) is 27.2 Å². The summed E-state index contributed by atoms with van der Waals surface area (Å²) < 4.78 is 39.7. The number of non-ortho nitro benzene ring substituents is 1. The van der Waals surface area contributed by atoms with Crippen LogP contribution in [0.1, 0.15) is 10.4 Å². The number of nitro groups is 1. The molecule has 0 radical (unpaired) electrons. The predicted octanol–water partition coefficient (Wildman–Crippen LogP) is 5.05. The fourth-order valence-corrected chi connectivity index (χ4v) is 3.09. The number of hydrogen-bond acceptors (Lipinski definition) is 4. The molecule has 0 atom stereocenters. The highest BCUT2D eigenvalue weighted by atomic mass is 79.9. The third-order valence-electron chi connectivity index (χ3n) is 2.65. The minimum atomic E-state index is -4.67. The van der Waals surface area contributed by atoms with Crippen LogP contribution in [0.3, 0.4) is 0 Å². The maximum absolute atomic E-state index is 13.0. The first-order valence-electron chi connectivity index (χ1n) is 5.60. The van der Waals surface area contributed by atoms with E-state index >= 15 is 0 Å². The van der Waals surface area contributed by atoms with Crippen molar-refractivity contribution in [1.29, 1.82) is 0 Å². The summed E-state index contributed by atoms with van der Waals surface area (Å²) in [5, 5.41) is 15.1. The summed E-state index contributed by atoms with van der Waals surface area (Å²) in [5.74, 6) is 0. The number of alkyl halides is 3. The minimum absolute atomic E-state index is 0.187. The Kier molecular flexibility index (Phi) is 4.52. The van der Waals surface area contributed by atoms with Crippen LogP contribution in [0.25, 0.3) is 0 Å². The lowest BCUT2D eigenvalue weighted by atomic mass is 10.1. The summed E-state index contributed by atoms with van der Waals surface area (Å²) in [6, 6.07) is 4.44. The van der Waals surface area contributed by atoms with Gasteiger partial charge < -0.3 is 5.32 Å². The Morgan fingerprint density at radius 2 is 2.05 bits per heavy atom. The van der Waals surface area contributed by atoms with Crippen LogP contribution in [-0.4, -0.2) is 4.92 Å². The van der Waals surface area contributed by atoms with E-state index in [1.54, 1.807) is 6.07 Å². The van der Waals surface area contributed by atoms with E-state index in [1.165, 1.54) is 11.3 Å². The van der Waals surface area contributed by atoms with Gasteiger partial charge in [-0.05, 0) is 33.4 Å². The fourth-order valence-electron chi connectivity index (χ4n) is 1.66. The van der Waals surface area contributed by atoms with Crippen LogP contribution in [0.4, 0.5) is 24.5 Å². The van der Waals surface area contributed by atoms with Crippen molar-refractivity contribution in [3.05, 3.63) is 54.7 Å². The van der Waals surface area contributed by atoms with Gasteiger partial charge in [0.1, 0.15) is 0 Å². The molecule has 0 aliphatic carbocycles. The van der Waals surface area contributed by atoms with Crippen LogP contribution < -0.4 is 5.32 Å². The predicted molar refractivity (Wildman–Crippen MR) is 77.4 cm³/mol. The van der Waals surface area contributed by atoms with Crippen molar-refractivity contribution in [2.24, 2.45) is 0 Å². The fraction of sp³-hybridized carbons (Fsp3) is 0.167. The molecule has 1 N–H and O–H groups in total. The van der Waals surface area contributed by atoms with Gasteiger partial charge in [0.05, 0.1) is 17.0 Å². The molecule has 112 valence electrons. The summed E-state index contributed by atoms with van der Waals surface area (Å²) in [7, 11) is 0. The zero-order valence-electron chi connectivity index (χ0n) is 10.3. The number of halogens is 4. The molecule has 0 spiro atoms. The van der Waals surface area contributed by atoms with Crippen LogP contribution >= 0.6 is 27.3 Å². The van der Waals surface area contributed by atoms with E-state index < -0.39 is 22.4 Å². The quantitative estimate of drug-likeness (QED) is 0.596. The SMILES string of the molecule is O=[N+]([O-])c1ccc(NCc2sccc2Br)c(C(F)(F)F)c1. The number of hydrogen-bond donors (Lipinski definition) is 1. The highest BCUT2D eigenvalue weighted by molar-refractivity contribution is 9.10. The van der Waals surface area contributed by atoms with Gasteiger partial charge in [-0.25, -0.2) is 0 Å². The molecule has 0 bridgehead atoms. The number of nitrogens with one attached hydrogen (secondary N) is 1. The summed E-state index contributed by atoms with van der Waals surface area (Å²) in [5.41, 5.74) is -1.83. The normalized spacial score (nSPS) is 11.4. The molecule has 0 amide bonds. The third-order valence-corrected chi connectivity index (χ3v) is 4.58. The van der Waals surface area contributed by atoms with Crippen molar-refractivity contribution in [1.82, 2.24) is 0 Å². The molecule has 21 heavy (non-hydrogen) atoms. The van der Waals surface area contributed by atoms with E-state index in [0.717, 1.165) is 21.5 Å². The summed E-state index contributed by atoms with van der Waals surface area (Å²) in [6.45, 7) is 0.194. The smallest absolute Gasteiger partial charge is 0.380 e. The Morgan fingerprint density at radius 1 is 1.33 bits per heavy atom. The molecular formula is C12H8BrF3N2O2S. The summed E-state index contributed by atoms with van der Waals surface area (Å²) >= 11 is 4.68. The van der Waals surface area contributed by atoms with Crippen molar-refractivity contribution in [3.63, 3.8) is 0 Å². The summed E-state index contributed by atoms with van der Waals surface area (Å²) in [4.78, 5) is 10.6. The van der Waals surface area contributed by atoms with Gasteiger partial charge in [-0.3, -0.25) is 10.1 Å². The maximum Gasteiger partial charge on any atom is 0.418 e. The molecule has 2 aromatic rings. The van der Waals surface area contributed by atoms with Crippen LogP contribution in [-0.2, 0) is 12.7 Å². The van der Waals surface area contributed by atoms with Gasteiger partial charge in [-0.15, -0.1) is 11.3 Å². The molecule has 0 aliphatic heterocycles. The largest absolute Gasteiger partial charge is 0.418 e. The molecular weight excluding hydrogens is 373 g/mol. The van der Waals surface area contributed by atoms with E-state index in [1.807, 2.05) is 5.38 Å². The number of rotatable bonds is 4. The van der Waals surface area contributed by atoms with Crippen LogP contribution in [0.5, 0.6) is 0 Å². The van der Waals surface area contributed by atoms with E-state index in [-0.39, 0.29) is 12.2 Å². The molecule has 2 rings (SSSR count). The molecule has 1 aromatic carbocycles. The Balaban J connectivity index is 2.30. The average molecular weight is 381 g/mol. The lowest BCUT2D eigenvalue weighted by Gasteiger charge is -2.14. The lowest BCUT2D eigenvalue weighted by molar-refractivity contribution is -0.385. The average Bonchev–Trinajstić information content (AvgIpc) is 2.80. The molecule has 0 saturated carbocycles. The molecule has 9 heteroatoms. The Morgan fingerprint density at radius 3 is 2.57 bits per heavy atom. The first-order chi connectivity index (χ1) is 9.79. The first-order valence-corrected chi connectivity index (χ1v) is 7.27. The first kappa shape index (κ1) is 15.8. The highest BCUT2D eigenvalue weighted by Crippen LogP contribution is 2.37. The highest BCUT2D eigenvalue weighted by Gasteiger charge is 2.35. The van der Waals surface area contributed by atoms with Crippen molar-refractivity contribution in [3.8, 4) is 0 Å². The van der Waals surface area contributed by atoms with Gasteiger partial charge in [0.15, 0.2) is 0 Å².